The molecule has 0 saturated heterocycles. The summed E-state index contributed by atoms with van der Waals surface area (Å²) < 4.78 is 13.5. The molecule has 0 radical (unpaired) electrons. The topological polar surface area (TPSA) is 49.2 Å². The van der Waals surface area contributed by atoms with E-state index in [0.717, 1.165) is 34.3 Å². The van der Waals surface area contributed by atoms with Crippen LogP contribution in [0.4, 0.5) is 0 Å². The molecule has 2 aromatic carbocycles. The van der Waals surface area contributed by atoms with Gasteiger partial charge < -0.3 is 14.0 Å². The average Bonchev–Trinajstić information content (AvgIpc) is 3.12. The van der Waals surface area contributed by atoms with Crippen LogP contribution in [0.3, 0.4) is 0 Å². The van der Waals surface area contributed by atoms with Crippen LogP contribution in [0, 0.1) is 0 Å². The maximum atomic E-state index is 6.17. The van der Waals surface area contributed by atoms with Crippen molar-refractivity contribution >= 4 is 11.8 Å². The summed E-state index contributed by atoms with van der Waals surface area (Å²) in [5.74, 6) is 1.65. The van der Waals surface area contributed by atoms with Gasteiger partial charge in [0.1, 0.15) is 12.4 Å². The molecular weight excluding hydrogens is 370 g/mol. The number of hydrogen-bond acceptors (Lipinski definition) is 5. The molecule has 6 heteroatoms. The van der Waals surface area contributed by atoms with E-state index >= 15 is 0 Å². The Hall–Kier alpha value is -2.31. The van der Waals surface area contributed by atoms with Crippen LogP contribution in [-0.2, 0) is 17.9 Å². The molecule has 0 fully saturated rings. The second kappa shape index (κ2) is 10.3. The number of benzene rings is 2. The second-order valence-electron chi connectivity index (χ2n) is 6.53. The zero-order chi connectivity index (χ0) is 19.8. The van der Waals surface area contributed by atoms with E-state index in [1.54, 1.807) is 18.9 Å². The Balaban J connectivity index is 1.79. The summed E-state index contributed by atoms with van der Waals surface area (Å²) in [5.41, 5.74) is 2.20. The summed E-state index contributed by atoms with van der Waals surface area (Å²) in [7, 11) is 1.71. The molecule has 0 aliphatic rings. The number of para-hydroxylation sites is 1. The van der Waals surface area contributed by atoms with Crippen LogP contribution in [-0.4, -0.2) is 33.7 Å². The SMILES string of the molecule is CCC(C)Sc1nnc(COc2ccccc2-c2ccccc2)n1CCOC. The molecule has 0 aliphatic heterocycles. The maximum Gasteiger partial charge on any atom is 0.191 e. The molecule has 5 nitrogen and oxygen atoms in total. The quantitative estimate of drug-likeness (QED) is 0.448. The van der Waals surface area contributed by atoms with Crippen molar-refractivity contribution in [1.29, 1.82) is 0 Å². The summed E-state index contributed by atoms with van der Waals surface area (Å²) in [6, 6.07) is 18.3. The highest BCUT2D eigenvalue weighted by Gasteiger charge is 2.16. The molecule has 1 aromatic heterocycles. The summed E-state index contributed by atoms with van der Waals surface area (Å²) in [4.78, 5) is 0. The largest absolute Gasteiger partial charge is 0.485 e. The minimum Gasteiger partial charge on any atom is -0.485 e. The molecule has 0 bridgehead atoms. The number of nitrogens with zero attached hydrogens (tertiary/aromatic N) is 3. The van der Waals surface area contributed by atoms with Crippen molar-refractivity contribution in [1.82, 2.24) is 14.8 Å². The summed E-state index contributed by atoms with van der Waals surface area (Å²) in [6.45, 7) is 6.06. The molecule has 0 spiro atoms. The van der Waals surface area contributed by atoms with Gasteiger partial charge in [0, 0.05) is 24.5 Å². The lowest BCUT2D eigenvalue weighted by molar-refractivity contribution is 0.181. The van der Waals surface area contributed by atoms with Gasteiger partial charge in [0.25, 0.3) is 0 Å². The molecule has 3 rings (SSSR count). The van der Waals surface area contributed by atoms with Gasteiger partial charge in [-0.25, -0.2) is 0 Å². The van der Waals surface area contributed by atoms with Gasteiger partial charge in [-0.15, -0.1) is 10.2 Å². The Morgan fingerprint density at radius 1 is 1.04 bits per heavy atom. The highest BCUT2D eigenvalue weighted by atomic mass is 32.2. The first-order chi connectivity index (χ1) is 13.7. The smallest absolute Gasteiger partial charge is 0.191 e. The average molecular weight is 398 g/mol. The minimum atomic E-state index is 0.363. The van der Waals surface area contributed by atoms with Gasteiger partial charge in [-0.2, -0.15) is 0 Å². The number of rotatable bonds is 10. The Kier molecular flexibility index (Phi) is 7.51. The normalized spacial score (nSPS) is 12.1. The molecule has 3 aromatic rings. The van der Waals surface area contributed by atoms with Crippen molar-refractivity contribution in [3.05, 3.63) is 60.4 Å². The van der Waals surface area contributed by atoms with E-state index in [4.69, 9.17) is 9.47 Å². The first-order valence-corrected chi connectivity index (χ1v) is 10.5. The van der Waals surface area contributed by atoms with E-state index in [9.17, 15) is 0 Å². The van der Waals surface area contributed by atoms with E-state index in [-0.39, 0.29) is 0 Å². The third-order valence-electron chi connectivity index (χ3n) is 4.52. The van der Waals surface area contributed by atoms with E-state index < -0.39 is 0 Å². The summed E-state index contributed by atoms with van der Waals surface area (Å²) in [5, 5.41) is 10.2. The number of methoxy groups -OCH3 is 1. The molecule has 1 atom stereocenters. The molecule has 0 aliphatic carbocycles. The van der Waals surface area contributed by atoms with Crippen LogP contribution < -0.4 is 4.74 Å². The minimum absolute atomic E-state index is 0.363. The zero-order valence-corrected chi connectivity index (χ0v) is 17.5. The first-order valence-electron chi connectivity index (χ1n) is 9.57. The van der Waals surface area contributed by atoms with Crippen LogP contribution in [0.25, 0.3) is 11.1 Å². The lowest BCUT2D eigenvalue weighted by atomic mass is 10.1. The van der Waals surface area contributed by atoms with Crippen LogP contribution >= 0.6 is 11.8 Å². The summed E-state index contributed by atoms with van der Waals surface area (Å²) >= 11 is 1.74. The lowest BCUT2D eigenvalue weighted by Crippen LogP contribution is -2.12. The lowest BCUT2D eigenvalue weighted by Gasteiger charge is -2.14. The maximum absolute atomic E-state index is 6.17. The third-order valence-corrected chi connectivity index (χ3v) is 5.77. The molecular formula is C22H27N3O2S. The van der Waals surface area contributed by atoms with Crippen molar-refractivity contribution in [2.45, 2.75) is 43.8 Å². The van der Waals surface area contributed by atoms with E-state index in [1.807, 2.05) is 36.4 Å². The van der Waals surface area contributed by atoms with E-state index in [0.29, 0.717) is 25.0 Å². The number of ether oxygens (including phenoxy) is 2. The van der Waals surface area contributed by atoms with Crippen LogP contribution in [0.5, 0.6) is 5.75 Å². The Labute approximate surface area is 171 Å². The standard InChI is InChI=1S/C22H27N3O2S/c1-4-17(2)28-22-24-23-21(25(22)14-15-26-3)16-27-20-13-9-8-12-19(20)18-10-6-5-7-11-18/h5-13,17H,4,14-16H2,1-3H3. The van der Waals surface area contributed by atoms with Crippen LogP contribution in [0.2, 0.25) is 0 Å². The fourth-order valence-electron chi connectivity index (χ4n) is 2.77. The second-order valence-corrected chi connectivity index (χ2v) is 7.94. The highest BCUT2D eigenvalue weighted by molar-refractivity contribution is 7.99. The van der Waals surface area contributed by atoms with Gasteiger partial charge in [-0.05, 0) is 18.1 Å². The number of hydrogen-bond donors (Lipinski definition) is 0. The van der Waals surface area contributed by atoms with Crippen LogP contribution in [0.1, 0.15) is 26.1 Å². The predicted octanol–water partition coefficient (Wildman–Crippen LogP) is 5.06. The van der Waals surface area contributed by atoms with Gasteiger partial charge in [-0.1, -0.05) is 74.1 Å². The van der Waals surface area contributed by atoms with E-state index in [2.05, 4.69) is 46.8 Å². The molecule has 1 unspecified atom stereocenters. The predicted molar refractivity (Wildman–Crippen MR) is 114 cm³/mol. The van der Waals surface area contributed by atoms with Gasteiger partial charge in [0.15, 0.2) is 11.0 Å². The van der Waals surface area contributed by atoms with E-state index in [1.165, 1.54) is 0 Å². The highest BCUT2D eigenvalue weighted by Crippen LogP contribution is 2.30. The Morgan fingerprint density at radius 3 is 2.54 bits per heavy atom. The fraction of sp³-hybridized carbons (Fsp3) is 0.364. The first kappa shape index (κ1) is 20.4. The van der Waals surface area contributed by atoms with Gasteiger partial charge in [0.05, 0.1) is 6.61 Å². The van der Waals surface area contributed by atoms with Gasteiger partial charge >= 0.3 is 0 Å². The molecule has 0 N–H and O–H groups in total. The summed E-state index contributed by atoms with van der Waals surface area (Å²) in [6.07, 6.45) is 1.08. The third kappa shape index (κ3) is 5.14. The Bertz CT molecular complexity index is 867. The zero-order valence-electron chi connectivity index (χ0n) is 16.7. The van der Waals surface area contributed by atoms with Crippen molar-refractivity contribution in [2.75, 3.05) is 13.7 Å². The van der Waals surface area contributed by atoms with Crippen LogP contribution in [0.15, 0.2) is 59.8 Å². The molecule has 0 amide bonds. The number of aromatic nitrogens is 3. The van der Waals surface area contributed by atoms with Crippen molar-refractivity contribution in [2.24, 2.45) is 0 Å². The van der Waals surface area contributed by atoms with Crippen molar-refractivity contribution in [3.8, 4) is 16.9 Å². The Morgan fingerprint density at radius 2 is 1.79 bits per heavy atom. The fourth-order valence-corrected chi connectivity index (χ4v) is 3.71. The van der Waals surface area contributed by atoms with Gasteiger partial charge in [0.2, 0.25) is 0 Å². The number of thioether (sulfide) groups is 1. The van der Waals surface area contributed by atoms with Gasteiger partial charge in [-0.3, -0.25) is 0 Å². The van der Waals surface area contributed by atoms with Crippen molar-refractivity contribution in [3.63, 3.8) is 0 Å². The molecule has 0 saturated carbocycles. The monoisotopic (exact) mass is 397 g/mol. The molecule has 28 heavy (non-hydrogen) atoms. The van der Waals surface area contributed by atoms with Crippen molar-refractivity contribution < 1.29 is 9.47 Å². The molecule has 148 valence electrons. The molecule has 1 heterocycles.